The molecule has 1 aromatic heterocycles. The van der Waals surface area contributed by atoms with Gasteiger partial charge in [-0.2, -0.15) is 5.10 Å². The Morgan fingerprint density at radius 1 is 1.17 bits per heavy atom. The summed E-state index contributed by atoms with van der Waals surface area (Å²) in [6, 6.07) is 1.94. The fourth-order valence-electron chi connectivity index (χ4n) is 2.41. The van der Waals surface area contributed by atoms with Crippen molar-refractivity contribution in [3.8, 4) is 0 Å². The normalized spacial score (nSPS) is 11.7. The first kappa shape index (κ1) is 20.7. The number of carbonyl (C=O) groups excluding carboxylic acids is 1. The summed E-state index contributed by atoms with van der Waals surface area (Å²) in [5.74, 6) is 0.710. The molecule has 0 aromatic carbocycles. The average molecular weight is 338 g/mol. The number of amides is 1. The standard InChI is InChI=1S/C19H35N3O2/c1-6-7-8-9-10-11-13-24-14-12-18(23)20-17-15-16(19(2,3)4)21-22(17)5/h15H,6-14H2,1-5H3,(H,20,23). The van der Waals surface area contributed by atoms with E-state index >= 15 is 0 Å². The van der Waals surface area contributed by atoms with Crippen molar-refractivity contribution in [1.82, 2.24) is 9.78 Å². The molecule has 0 saturated carbocycles. The fourth-order valence-corrected chi connectivity index (χ4v) is 2.41. The summed E-state index contributed by atoms with van der Waals surface area (Å²) in [6.45, 7) is 9.78. The molecule has 1 heterocycles. The van der Waals surface area contributed by atoms with Crippen LogP contribution in [-0.2, 0) is 22.0 Å². The maximum Gasteiger partial charge on any atom is 0.227 e. The van der Waals surface area contributed by atoms with Gasteiger partial charge in [-0.05, 0) is 6.42 Å². The highest BCUT2D eigenvalue weighted by atomic mass is 16.5. The third-order valence-electron chi connectivity index (χ3n) is 4.03. The van der Waals surface area contributed by atoms with Gasteiger partial charge in [-0.1, -0.05) is 59.8 Å². The summed E-state index contributed by atoms with van der Waals surface area (Å²) in [4.78, 5) is 12.0. The quantitative estimate of drug-likeness (QED) is 0.608. The van der Waals surface area contributed by atoms with Crippen LogP contribution in [0.1, 0.15) is 78.3 Å². The van der Waals surface area contributed by atoms with Gasteiger partial charge in [-0.25, -0.2) is 0 Å². The highest BCUT2D eigenvalue weighted by Crippen LogP contribution is 2.23. The summed E-state index contributed by atoms with van der Waals surface area (Å²) in [7, 11) is 1.85. The first-order valence-corrected chi connectivity index (χ1v) is 9.26. The molecule has 1 amide bonds. The van der Waals surface area contributed by atoms with Crippen molar-refractivity contribution in [2.45, 2.75) is 78.1 Å². The molecule has 0 fully saturated rings. The van der Waals surface area contributed by atoms with Gasteiger partial charge in [0.25, 0.3) is 0 Å². The van der Waals surface area contributed by atoms with Crippen molar-refractivity contribution in [3.05, 3.63) is 11.8 Å². The molecule has 0 bridgehead atoms. The number of rotatable bonds is 11. The van der Waals surface area contributed by atoms with E-state index in [1.807, 2.05) is 13.1 Å². The Kier molecular flexibility index (Phi) is 9.04. The van der Waals surface area contributed by atoms with Gasteiger partial charge in [0.2, 0.25) is 5.91 Å². The summed E-state index contributed by atoms with van der Waals surface area (Å²) in [6.07, 6.45) is 7.89. The van der Waals surface area contributed by atoms with Crippen molar-refractivity contribution >= 4 is 11.7 Å². The van der Waals surface area contributed by atoms with Gasteiger partial charge in [0.1, 0.15) is 5.82 Å². The third-order valence-corrected chi connectivity index (χ3v) is 4.03. The minimum absolute atomic E-state index is 0.0265. The number of hydrogen-bond donors (Lipinski definition) is 1. The van der Waals surface area contributed by atoms with E-state index in [1.165, 1.54) is 32.1 Å². The summed E-state index contributed by atoms with van der Waals surface area (Å²) in [5.41, 5.74) is 0.945. The molecule has 0 radical (unpaired) electrons. The Labute approximate surface area is 147 Å². The van der Waals surface area contributed by atoms with E-state index in [9.17, 15) is 4.79 Å². The van der Waals surface area contributed by atoms with Crippen molar-refractivity contribution in [1.29, 1.82) is 0 Å². The number of unbranched alkanes of at least 4 members (excludes halogenated alkanes) is 5. The summed E-state index contributed by atoms with van der Waals surface area (Å²) >= 11 is 0. The zero-order chi connectivity index (χ0) is 18.0. The lowest BCUT2D eigenvalue weighted by Crippen LogP contribution is -2.16. The van der Waals surface area contributed by atoms with Crippen LogP contribution in [0.15, 0.2) is 6.07 Å². The SMILES string of the molecule is CCCCCCCCOCCC(=O)Nc1cc(C(C)(C)C)nn1C. The van der Waals surface area contributed by atoms with Crippen LogP contribution in [0, 0.1) is 0 Å². The number of hydrogen-bond acceptors (Lipinski definition) is 3. The molecule has 0 aliphatic heterocycles. The van der Waals surface area contributed by atoms with E-state index < -0.39 is 0 Å². The van der Waals surface area contributed by atoms with Gasteiger partial charge >= 0.3 is 0 Å². The smallest absolute Gasteiger partial charge is 0.227 e. The van der Waals surface area contributed by atoms with Crippen LogP contribution in [-0.4, -0.2) is 28.9 Å². The predicted molar refractivity (Wildman–Crippen MR) is 99.3 cm³/mol. The minimum atomic E-state index is -0.0268. The number of nitrogens with one attached hydrogen (secondary N) is 1. The first-order chi connectivity index (χ1) is 11.3. The molecule has 0 spiro atoms. The molecule has 0 unspecified atom stereocenters. The highest BCUT2D eigenvalue weighted by molar-refractivity contribution is 5.89. The molecular weight excluding hydrogens is 302 g/mol. The third kappa shape index (κ3) is 7.95. The van der Waals surface area contributed by atoms with Crippen LogP contribution in [0.5, 0.6) is 0 Å². The number of nitrogens with zero attached hydrogens (tertiary/aromatic N) is 2. The molecule has 0 saturated heterocycles. The number of aromatic nitrogens is 2. The number of anilines is 1. The lowest BCUT2D eigenvalue weighted by Gasteiger charge is -2.13. The molecule has 1 rings (SSSR count). The van der Waals surface area contributed by atoms with Gasteiger partial charge in [0.15, 0.2) is 0 Å². The maximum absolute atomic E-state index is 12.0. The Bertz CT molecular complexity index is 489. The Hall–Kier alpha value is -1.36. The van der Waals surface area contributed by atoms with Crippen LogP contribution in [0.25, 0.3) is 0 Å². The van der Waals surface area contributed by atoms with Crippen LogP contribution in [0.4, 0.5) is 5.82 Å². The van der Waals surface area contributed by atoms with Gasteiger partial charge in [-0.3, -0.25) is 9.48 Å². The fraction of sp³-hybridized carbons (Fsp3) is 0.789. The van der Waals surface area contributed by atoms with E-state index in [0.717, 1.165) is 24.5 Å². The Morgan fingerprint density at radius 3 is 2.46 bits per heavy atom. The molecule has 1 N–H and O–H groups in total. The van der Waals surface area contributed by atoms with Crippen molar-refractivity contribution in [3.63, 3.8) is 0 Å². The maximum atomic E-state index is 12.0. The average Bonchev–Trinajstić information content (AvgIpc) is 2.87. The summed E-state index contributed by atoms with van der Waals surface area (Å²) < 4.78 is 7.27. The Morgan fingerprint density at radius 2 is 1.83 bits per heavy atom. The lowest BCUT2D eigenvalue weighted by atomic mass is 9.92. The molecule has 1 aromatic rings. The second-order valence-electron chi connectivity index (χ2n) is 7.47. The zero-order valence-electron chi connectivity index (χ0n) is 16.2. The van der Waals surface area contributed by atoms with Gasteiger partial charge in [0, 0.05) is 25.1 Å². The van der Waals surface area contributed by atoms with E-state index in [4.69, 9.17) is 4.74 Å². The molecule has 0 atom stereocenters. The second-order valence-corrected chi connectivity index (χ2v) is 7.47. The molecule has 138 valence electrons. The molecule has 5 nitrogen and oxygen atoms in total. The van der Waals surface area contributed by atoms with Crippen LogP contribution >= 0.6 is 0 Å². The molecule has 24 heavy (non-hydrogen) atoms. The minimum Gasteiger partial charge on any atom is -0.381 e. The van der Waals surface area contributed by atoms with Crippen molar-refractivity contribution in [2.75, 3.05) is 18.5 Å². The lowest BCUT2D eigenvalue weighted by molar-refractivity contribution is -0.117. The number of aryl methyl sites for hydroxylation is 1. The molecule has 0 aliphatic rings. The van der Waals surface area contributed by atoms with Gasteiger partial charge in [-0.15, -0.1) is 0 Å². The monoisotopic (exact) mass is 337 g/mol. The Balaban J connectivity index is 2.17. The summed E-state index contributed by atoms with van der Waals surface area (Å²) in [5, 5.41) is 7.37. The van der Waals surface area contributed by atoms with E-state index in [-0.39, 0.29) is 11.3 Å². The van der Waals surface area contributed by atoms with Crippen molar-refractivity contribution < 1.29 is 9.53 Å². The second kappa shape index (κ2) is 10.5. The molecule has 5 heteroatoms. The molecular formula is C19H35N3O2. The van der Waals surface area contributed by atoms with Gasteiger partial charge < -0.3 is 10.1 Å². The molecule has 0 aliphatic carbocycles. The van der Waals surface area contributed by atoms with Gasteiger partial charge in [0.05, 0.1) is 18.7 Å². The predicted octanol–water partition coefficient (Wildman–Crippen LogP) is 4.42. The van der Waals surface area contributed by atoms with Crippen LogP contribution < -0.4 is 5.32 Å². The first-order valence-electron chi connectivity index (χ1n) is 9.26. The van der Waals surface area contributed by atoms with E-state index in [2.05, 4.69) is 38.1 Å². The van der Waals surface area contributed by atoms with Crippen molar-refractivity contribution in [2.24, 2.45) is 7.05 Å². The largest absolute Gasteiger partial charge is 0.381 e. The van der Waals surface area contributed by atoms with E-state index in [1.54, 1.807) is 4.68 Å². The zero-order valence-corrected chi connectivity index (χ0v) is 16.2. The van der Waals surface area contributed by atoms with E-state index in [0.29, 0.717) is 13.0 Å². The van der Waals surface area contributed by atoms with Crippen LogP contribution in [0.3, 0.4) is 0 Å². The topological polar surface area (TPSA) is 56.1 Å². The van der Waals surface area contributed by atoms with Crippen LogP contribution in [0.2, 0.25) is 0 Å². The number of carbonyl (C=O) groups is 1. The highest BCUT2D eigenvalue weighted by Gasteiger charge is 2.19. The number of ether oxygens (including phenoxy) is 1.